The largest absolute Gasteiger partial charge is 0.308 e. The fourth-order valence-electron chi connectivity index (χ4n) is 1.92. The van der Waals surface area contributed by atoms with E-state index in [0.29, 0.717) is 6.04 Å². The second kappa shape index (κ2) is 5.42. The standard InChI is InChI=1S/C12H18N2S/c1-10(12-13-7-8-15-12)14-9-11-5-3-2-4-6-11/h2-3,7-8,10-11,14H,4-6,9H2,1H3. The molecule has 2 nitrogen and oxygen atoms in total. The maximum Gasteiger partial charge on any atom is 0.109 e. The Bertz CT molecular complexity index is 305. The van der Waals surface area contributed by atoms with Crippen LogP contribution in [0, 0.1) is 5.92 Å². The molecule has 1 aliphatic rings. The minimum atomic E-state index is 0.399. The number of nitrogens with zero attached hydrogens (tertiary/aromatic N) is 1. The van der Waals surface area contributed by atoms with Gasteiger partial charge in [-0.1, -0.05) is 12.2 Å². The number of nitrogens with one attached hydrogen (secondary N) is 1. The summed E-state index contributed by atoms with van der Waals surface area (Å²) in [6, 6.07) is 0.399. The molecule has 0 spiro atoms. The van der Waals surface area contributed by atoms with E-state index in [0.717, 1.165) is 12.5 Å². The van der Waals surface area contributed by atoms with Crippen LogP contribution in [0.1, 0.15) is 37.2 Å². The number of hydrogen-bond donors (Lipinski definition) is 1. The third-order valence-corrected chi connectivity index (χ3v) is 3.87. The molecule has 2 atom stereocenters. The van der Waals surface area contributed by atoms with Crippen LogP contribution in [0.25, 0.3) is 0 Å². The van der Waals surface area contributed by atoms with E-state index < -0.39 is 0 Å². The predicted octanol–water partition coefficient (Wildman–Crippen LogP) is 3.15. The lowest BCUT2D eigenvalue weighted by molar-refractivity contribution is 0.415. The molecule has 1 heterocycles. The molecule has 0 radical (unpaired) electrons. The van der Waals surface area contributed by atoms with E-state index in [1.165, 1.54) is 24.3 Å². The van der Waals surface area contributed by atoms with Gasteiger partial charge in [-0.25, -0.2) is 4.98 Å². The minimum absolute atomic E-state index is 0.399. The van der Waals surface area contributed by atoms with Crippen molar-refractivity contribution in [3.63, 3.8) is 0 Å². The van der Waals surface area contributed by atoms with Crippen LogP contribution in [0.5, 0.6) is 0 Å². The van der Waals surface area contributed by atoms with Gasteiger partial charge in [0.05, 0.1) is 6.04 Å². The zero-order chi connectivity index (χ0) is 10.5. The van der Waals surface area contributed by atoms with Crippen LogP contribution in [-0.2, 0) is 0 Å². The van der Waals surface area contributed by atoms with E-state index in [1.807, 2.05) is 11.6 Å². The molecule has 1 aromatic rings. The zero-order valence-electron chi connectivity index (χ0n) is 9.15. The third kappa shape index (κ3) is 3.14. The van der Waals surface area contributed by atoms with Crippen molar-refractivity contribution < 1.29 is 0 Å². The molecule has 0 aliphatic heterocycles. The van der Waals surface area contributed by atoms with Crippen molar-refractivity contribution in [3.05, 3.63) is 28.7 Å². The Morgan fingerprint density at radius 2 is 2.53 bits per heavy atom. The average Bonchev–Trinajstić information content (AvgIpc) is 2.81. The van der Waals surface area contributed by atoms with Gasteiger partial charge in [0.2, 0.25) is 0 Å². The summed E-state index contributed by atoms with van der Waals surface area (Å²) in [4.78, 5) is 4.32. The summed E-state index contributed by atoms with van der Waals surface area (Å²) in [5.74, 6) is 0.817. The normalized spacial score (nSPS) is 22.9. The lowest BCUT2D eigenvalue weighted by Crippen LogP contribution is -2.26. The van der Waals surface area contributed by atoms with Gasteiger partial charge in [0, 0.05) is 11.6 Å². The van der Waals surface area contributed by atoms with Crippen molar-refractivity contribution in [1.82, 2.24) is 10.3 Å². The van der Waals surface area contributed by atoms with Crippen LogP contribution in [0.15, 0.2) is 23.7 Å². The Kier molecular flexibility index (Phi) is 3.92. The van der Waals surface area contributed by atoms with Gasteiger partial charge >= 0.3 is 0 Å². The highest BCUT2D eigenvalue weighted by atomic mass is 32.1. The minimum Gasteiger partial charge on any atom is -0.308 e. The highest BCUT2D eigenvalue weighted by Crippen LogP contribution is 2.19. The molecule has 3 heteroatoms. The molecule has 0 amide bonds. The monoisotopic (exact) mass is 222 g/mol. The summed E-state index contributed by atoms with van der Waals surface area (Å²) in [6.45, 7) is 3.31. The van der Waals surface area contributed by atoms with Crippen molar-refractivity contribution in [2.45, 2.75) is 32.2 Å². The van der Waals surface area contributed by atoms with Crippen molar-refractivity contribution in [1.29, 1.82) is 0 Å². The fraction of sp³-hybridized carbons (Fsp3) is 0.583. The first-order valence-electron chi connectivity index (χ1n) is 5.64. The summed E-state index contributed by atoms with van der Waals surface area (Å²) in [5.41, 5.74) is 0. The molecular weight excluding hydrogens is 204 g/mol. The number of aromatic nitrogens is 1. The van der Waals surface area contributed by atoms with Crippen molar-refractivity contribution in [2.24, 2.45) is 5.92 Å². The van der Waals surface area contributed by atoms with Gasteiger partial charge in [-0.3, -0.25) is 0 Å². The molecule has 15 heavy (non-hydrogen) atoms. The smallest absolute Gasteiger partial charge is 0.109 e. The number of allylic oxidation sites excluding steroid dienone is 2. The summed E-state index contributed by atoms with van der Waals surface area (Å²) < 4.78 is 0. The Labute approximate surface area is 95.4 Å². The van der Waals surface area contributed by atoms with Gasteiger partial charge in [0.25, 0.3) is 0 Å². The molecule has 2 unspecified atom stereocenters. The number of rotatable bonds is 4. The lowest BCUT2D eigenvalue weighted by Gasteiger charge is -2.20. The molecule has 0 saturated carbocycles. The summed E-state index contributed by atoms with van der Waals surface area (Å²) in [6.07, 6.45) is 10.3. The highest BCUT2D eigenvalue weighted by molar-refractivity contribution is 7.09. The summed E-state index contributed by atoms with van der Waals surface area (Å²) in [5, 5.41) is 6.80. The van der Waals surface area contributed by atoms with E-state index in [-0.39, 0.29) is 0 Å². The molecule has 0 fully saturated rings. The molecule has 82 valence electrons. The Balaban J connectivity index is 1.75. The zero-order valence-corrected chi connectivity index (χ0v) is 9.96. The Morgan fingerprint density at radius 3 is 3.20 bits per heavy atom. The summed E-state index contributed by atoms with van der Waals surface area (Å²) >= 11 is 1.73. The molecule has 1 aliphatic carbocycles. The maximum atomic E-state index is 4.32. The second-order valence-electron chi connectivity index (χ2n) is 4.15. The SMILES string of the molecule is CC(NCC1CC=CCC1)c1nccs1. The van der Waals surface area contributed by atoms with Crippen LogP contribution in [0.3, 0.4) is 0 Å². The molecule has 0 saturated heterocycles. The quantitative estimate of drug-likeness (QED) is 0.792. The van der Waals surface area contributed by atoms with E-state index in [9.17, 15) is 0 Å². The van der Waals surface area contributed by atoms with Gasteiger partial charge in [-0.2, -0.15) is 0 Å². The number of hydrogen-bond acceptors (Lipinski definition) is 3. The topological polar surface area (TPSA) is 24.9 Å². The van der Waals surface area contributed by atoms with Crippen LogP contribution in [0.2, 0.25) is 0 Å². The van der Waals surface area contributed by atoms with Gasteiger partial charge in [-0.05, 0) is 38.6 Å². The van der Waals surface area contributed by atoms with E-state index in [1.54, 1.807) is 11.3 Å². The molecule has 1 aromatic heterocycles. The molecule has 0 bridgehead atoms. The first-order chi connectivity index (χ1) is 7.36. The predicted molar refractivity (Wildman–Crippen MR) is 65.0 cm³/mol. The summed E-state index contributed by atoms with van der Waals surface area (Å²) in [7, 11) is 0. The maximum absolute atomic E-state index is 4.32. The Hall–Kier alpha value is -0.670. The molecular formula is C12H18N2S. The fourth-order valence-corrected chi connectivity index (χ4v) is 2.59. The molecule has 1 N–H and O–H groups in total. The third-order valence-electron chi connectivity index (χ3n) is 2.91. The van der Waals surface area contributed by atoms with E-state index in [2.05, 4.69) is 29.4 Å². The van der Waals surface area contributed by atoms with Gasteiger partial charge in [0.1, 0.15) is 5.01 Å². The van der Waals surface area contributed by atoms with Crippen molar-refractivity contribution in [3.8, 4) is 0 Å². The van der Waals surface area contributed by atoms with Crippen molar-refractivity contribution >= 4 is 11.3 Å². The Morgan fingerprint density at radius 1 is 1.60 bits per heavy atom. The second-order valence-corrected chi connectivity index (χ2v) is 5.08. The first kappa shape index (κ1) is 10.8. The van der Waals surface area contributed by atoms with Crippen molar-refractivity contribution in [2.75, 3.05) is 6.54 Å². The van der Waals surface area contributed by atoms with Crippen LogP contribution >= 0.6 is 11.3 Å². The lowest BCUT2D eigenvalue weighted by atomic mass is 9.94. The average molecular weight is 222 g/mol. The molecule has 2 rings (SSSR count). The van der Waals surface area contributed by atoms with Crippen LogP contribution in [-0.4, -0.2) is 11.5 Å². The van der Waals surface area contributed by atoms with E-state index in [4.69, 9.17) is 0 Å². The number of thiazole rings is 1. The van der Waals surface area contributed by atoms with Crippen LogP contribution in [0.4, 0.5) is 0 Å². The van der Waals surface area contributed by atoms with Gasteiger partial charge in [0.15, 0.2) is 0 Å². The molecule has 0 aromatic carbocycles. The van der Waals surface area contributed by atoms with Crippen LogP contribution < -0.4 is 5.32 Å². The van der Waals surface area contributed by atoms with Gasteiger partial charge in [-0.15, -0.1) is 11.3 Å². The van der Waals surface area contributed by atoms with Gasteiger partial charge < -0.3 is 5.32 Å². The van der Waals surface area contributed by atoms with E-state index >= 15 is 0 Å². The highest BCUT2D eigenvalue weighted by Gasteiger charge is 2.12. The first-order valence-corrected chi connectivity index (χ1v) is 6.52.